The molecular weight excluding hydrogens is 316 g/mol. The maximum atomic E-state index is 11.1. The number of rotatable bonds is 8. The highest BCUT2D eigenvalue weighted by atomic mass is 16.1. The summed E-state index contributed by atoms with van der Waals surface area (Å²) < 4.78 is 0. The highest BCUT2D eigenvalue weighted by molar-refractivity contribution is 5.88. The minimum atomic E-state index is -0.0901. The van der Waals surface area contributed by atoms with E-state index in [0.29, 0.717) is 5.95 Å². The first kappa shape index (κ1) is 18.7. The van der Waals surface area contributed by atoms with Crippen molar-refractivity contribution in [2.75, 3.05) is 43.1 Å². The number of carbonyl (C=O) groups is 1. The summed E-state index contributed by atoms with van der Waals surface area (Å²) in [5, 5.41) is 9.26. The SMILES string of the molecule is CC(=O)Nc1ccc(Nc2nc(C)cc(NCCCN(C)C)n2)cc1. The Kier molecular flexibility index (Phi) is 6.71. The Bertz CT molecular complexity index is 699. The monoisotopic (exact) mass is 342 g/mol. The molecule has 1 aromatic carbocycles. The lowest BCUT2D eigenvalue weighted by Gasteiger charge is -2.12. The first-order chi connectivity index (χ1) is 11.9. The molecule has 0 aliphatic rings. The Balaban J connectivity index is 1.98. The molecule has 0 aliphatic carbocycles. The van der Waals surface area contributed by atoms with Gasteiger partial charge in [0.1, 0.15) is 5.82 Å². The molecule has 0 fully saturated rings. The largest absolute Gasteiger partial charge is 0.370 e. The summed E-state index contributed by atoms with van der Waals surface area (Å²) in [6, 6.07) is 9.35. The highest BCUT2D eigenvalue weighted by Gasteiger charge is 2.04. The van der Waals surface area contributed by atoms with Crippen molar-refractivity contribution in [1.82, 2.24) is 14.9 Å². The van der Waals surface area contributed by atoms with Gasteiger partial charge in [-0.25, -0.2) is 4.98 Å². The number of anilines is 4. The molecule has 7 heteroatoms. The van der Waals surface area contributed by atoms with Gasteiger partial charge in [0.25, 0.3) is 0 Å². The molecule has 0 saturated carbocycles. The number of aryl methyl sites for hydroxylation is 1. The van der Waals surface area contributed by atoms with Gasteiger partial charge in [-0.3, -0.25) is 4.79 Å². The number of carbonyl (C=O) groups excluding carboxylic acids is 1. The number of amides is 1. The van der Waals surface area contributed by atoms with Crippen LogP contribution in [0, 0.1) is 6.92 Å². The van der Waals surface area contributed by atoms with Gasteiger partial charge in [0.05, 0.1) is 0 Å². The van der Waals surface area contributed by atoms with Gasteiger partial charge in [-0.2, -0.15) is 4.98 Å². The lowest BCUT2D eigenvalue weighted by Crippen LogP contribution is -2.16. The zero-order valence-corrected chi connectivity index (χ0v) is 15.3. The maximum absolute atomic E-state index is 11.1. The second-order valence-electron chi connectivity index (χ2n) is 6.19. The van der Waals surface area contributed by atoms with Gasteiger partial charge < -0.3 is 20.9 Å². The maximum Gasteiger partial charge on any atom is 0.229 e. The Hall–Kier alpha value is -2.67. The second kappa shape index (κ2) is 8.98. The van der Waals surface area contributed by atoms with Crippen LogP contribution in [0.1, 0.15) is 19.0 Å². The molecule has 0 spiro atoms. The Morgan fingerprint density at radius 1 is 1.12 bits per heavy atom. The average molecular weight is 342 g/mol. The molecule has 7 nitrogen and oxygen atoms in total. The molecule has 25 heavy (non-hydrogen) atoms. The van der Waals surface area contributed by atoms with Gasteiger partial charge in [0.2, 0.25) is 11.9 Å². The molecular formula is C18H26N6O. The van der Waals surface area contributed by atoms with Crippen LogP contribution in [0.25, 0.3) is 0 Å². The number of nitrogens with one attached hydrogen (secondary N) is 3. The first-order valence-electron chi connectivity index (χ1n) is 8.31. The quantitative estimate of drug-likeness (QED) is 0.640. The molecule has 2 aromatic rings. The van der Waals surface area contributed by atoms with Crippen molar-refractivity contribution in [3.63, 3.8) is 0 Å². The third-order valence-corrected chi connectivity index (χ3v) is 3.40. The summed E-state index contributed by atoms with van der Waals surface area (Å²) >= 11 is 0. The van der Waals surface area contributed by atoms with Crippen LogP contribution >= 0.6 is 0 Å². The topological polar surface area (TPSA) is 82.2 Å². The molecule has 0 saturated heterocycles. The lowest BCUT2D eigenvalue weighted by molar-refractivity contribution is -0.114. The molecule has 134 valence electrons. The second-order valence-corrected chi connectivity index (χ2v) is 6.19. The van der Waals surface area contributed by atoms with Crippen molar-refractivity contribution < 1.29 is 4.79 Å². The van der Waals surface area contributed by atoms with Gasteiger partial charge in [-0.1, -0.05) is 0 Å². The number of nitrogens with zero attached hydrogens (tertiary/aromatic N) is 3. The van der Waals surface area contributed by atoms with E-state index in [-0.39, 0.29) is 5.91 Å². The highest BCUT2D eigenvalue weighted by Crippen LogP contribution is 2.18. The molecule has 2 rings (SSSR count). The predicted molar refractivity (Wildman–Crippen MR) is 102 cm³/mol. The van der Waals surface area contributed by atoms with Crippen LogP contribution in [0.3, 0.4) is 0 Å². The van der Waals surface area contributed by atoms with E-state index in [0.717, 1.165) is 42.4 Å². The normalized spacial score (nSPS) is 10.6. The fourth-order valence-corrected chi connectivity index (χ4v) is 2.30. The van der Waals surface area contributed by atoms with E-state index in [1.165, 1.54) is 6.92 Å². The Morgan fingerprint density at radius 3 is 2.44 bits per heavy atom. The van der Waals surface area contributed by atoms with Gasteiger partial charge in [0.15, 0.2) is 0 Å². The van der Waals surface area contributed by atoms with Crippen molar-refractivity contribution in [2.24, 2.45) is 0 Å². The van der Waals surface area contributed by atoms with Crippen LogP contribution in [0.15, 0.2) is 30.3 Å². The Labute approximate surface area is 148 Å². The number of hydrogen-bond donors (Lipinski definition) is 3. The average Bonchev–Trinajstić information content (AvgIpc) is 2.52. The molecule has 0 radical (unpaired) electrons. The van der Waals surface area contributed by atoms with E-state index in [1.54, 1.807) is 0 Å². The first-order valence-corrected chi connectivity index (χ1v) is 8.31. The van der Waals surface area contributed by atoms with Crippen LogP contribution in [0.5, 0.6) is 0 Å². The van der Waals surface area contributed by atoms with Crippen LogP contribution in [-0.2, 0) is 4.79 Å². The fourth-order valence-electron chi connectivity index (χ4n) is 2.30. The van der Waals surface area contributed by atoms with E-state index >= 15 is 0 Å². The van der Waals surface area contributed by atoms with Crippen LogP contribution < -0.4 is 16.0 Å². The summed E-state index contributed by atoms with van der Waals surface area (Å²) in [6.45, 7) is 5.32. The van der Waals surface area contributed by atoms with Crippen molar-refractivity contribution >= 4 is 29.0 Å². The molecule has 0 unspecified atom stereocenters. The minimum absolute atomic E-state index is 0.0901. The zero-order chi connectivity index (χ0) is 18.2. The van der Waals surface area contributed by atoms with E-state index in [9.17, 15) is 4.79 Å². The van der Waals surface area contributed by atoms with Crippen LogP contribution in [0.2, 0.25) is 0 Å². The van der Waals surface area contributed by atoms with E-state index in [2.05, 4.69) is 44.9 Å². The summed E-state index contributed by atoms with van der Waals surface area (Å²) in [4.78, 5) is 22.1. The smallest absolute Gasteiger partial charge is 0.229 e. The standard InChI is InChI=1S/C18H26N6O/c1-13-12-17(19-10-5-11-24(3)4)23-18(20-13)22-16-8-6-15(7-9-16)21-14(2)25/h6-9,12H,5,10-11H2,1-4H3,(H,21,25)(H2,19,20,22,23). The van der Waals surface area contributed by atoms with Gasteiger partial charge in [-0.15, -0.1) is 0 Å². The third-order valence-electron chi connectivity index (χ3n) is 3.40. The van der Waals surface area contributed by atoms with E-state index < -0.39 is 0 Å². The molecule has 0 atom stereocenters. The molecule has 0 aliphatic heterocycles. The van der Waals surface area contributed by atoms with E-state index in [1.807, 2.05) is 37.3 Å². The predicted octanol–water partition coefficient (Wildman–Crippen LogP) is 2.85. The molecule has 3 N–H and O–H groups in total. The fraction of sp³-hybridized carbons (Fsp3) is 0.389. The molecule has 1 aromatic heterocycles. The summed E-state index contributed by atoms with van der Waals surface area (Å²) in [5.74, 6) is 1.26. The van der Waals surface area contributed by atoms with Crippen LogP contribution in [-0.4, -0.2) is 48.0 Å². The van der Waals surface area contributed by atoms with Crippen molar-refractivity contribution in [1.29, 1.82) is 0 Å². The van der Waals surface area contributed by atoms with Crippen LogP contribution in [0.4, 0.5) is 23.1 Å². The Morgan fingerprint density at radius 2 is 1.80 bits per heavy atom. The van der Waals surface area contributed by atoms with Gasteiger partial charge >= 0.3 is 0 Å². The minimum Gasteiger partial charge on any atom is -0.370 e. The number of benzene rings is 1. The van der Waals surface area contributed by atoms with Crippen molar-refractivity contribution in [2.45, 2.75) is 20.3 Å². The number of aromatic nitrogens is 2. The summed E-state index contributed by atoms with van der Waals surface area (Å²) in [6.07, 6.45) is 1.05. The third kappa shape index (κ3) is 6.76. The van der Waals surface area contributed by atoms with Crippen molar-refractivity contribution in [3.8, 4) is 0 Å². The summed E-state index contributed by atoms with van der Waals surface area (Å²) in [5.41, 5.74) is 2.51. The molecule has 0 bridgehead atoms. The lowest BCUT2D eigenvalue weighted by atomic mass is 10.3. The zero-order valence-electron chi connectivity index (χ0n) is 15.3. The van der Waals surface area contributed by atoms with E-state index in [4.69, 9.17) is 0 Å². The van der Waals surface area contributed by atoms with Gasteiger partial charge in [0, 0.05) is 36.6 Å². The molecule has 1 heterocycles. The molecule has 1 amide bonds. The van der Waals surface area contributed by atoms with Crippen molar-refractivity contribution in [3.05, 3.63) is 36.0 Å². The number of hydrogen-bond acceptors (Lipinski definition) is 6. The van der Waals surface area contributed by atoms with Gasteiger partial charge in [-0.05, 0) is 58.3 Å². The summed E-state index contributed by atoms with van der Waals surface area (Å²) in [7, 11) is 4.13.